The van der Waals surface area contributed by atoms with Crippen LogP contribution in [-0.2, 0) is 14.8 Å². The molecule has 0 unspecified atom stereocenters. The predicted molar refractivity (Wildman–Crippen MR) is 114 cm³/mol. The van der Waals surface area contributed by atoms with Gasteiger partial charge in [-0.05, 0) is 52.8 Å². The Hall–Kier alpha value is -2.96. The fraction of sp³-hybridized carbons (Fsp3) is 0.500. The zero-order chi connectivity index (χ0) is 24.8. The lowest BCUT2D eigenvalue weighted by atomic mass is 10.1. The van der Waals surface area contributed by atoms with E-state index in [1.807, 2.05) is 13.8 Å². The molecule has 0 saturated carbocycles. The average Bonchev–Trinajstić information content (AvgIpc) is 3.08. The second kappa shape index (κ2) is 8.43. The van der Waals surface area contributed by atoms with Gasteiger partial charge in [0.25, 0.3) is 10.0 Å². The maximum absolute atomic E-state index is 13.4. The molecule has 13 heteroatoms. The molecule has 2 aromatic rings. The van der Waals surface area contributed by atoms with Crippen molar-refractivity contribution >= 4 is 27.5 Å². The molecule has 1 aliphatic heterocycles. The molecule has 1 aromatic heterocycles. The number of halogens is 3. The number of nitrogens with zero attached hydrogens (tertiary/aromatic N) is 3. The van der Waals surface area contributed by atoms with Crippen molar-refractivity contribution in [1.29, 1.82) is 0 Å². The van der Waals surface area contributed by atoms with Crippen LogP contribution in [0.1, 0.15) is 39.4 Å². The minimum Gasteiger partial charge on any atom is -0.489 e. The molecule has 182 valence electrons. The molecule has 0 atom stereocenters. The Morgan fingerprint density at radius 3 is 2.52 bits per heavy atom. The van der Waals surface area contributed by atoms with Gasteiger partial charge in [-0.3, -0.25) is 14.3 Å². The lowest BCUT2D eigenvalue weighted by Crippen LogP contribution is -2.44. The van der Waals surface area contributed by atoms with Gasteiger partial charge in [-0.15, -0.1) is 0 Å². The monoisotopic (exact) mass is 490 g/mol. The molecule has 1 amide bonds. The van der Waals surface area contributed by atoms with Crippen LogP contribution in [0, 0.1) is 6.92 Å². The van der Waals surface area contributed by atoms with E-state index in [1.54, 1.807) is 11.6 Å². The minimum absolute atomic E-state index is 0.00334. The second-order valence-corrected chi connectivity index (χ2v) is 10.1. The largest absolute Gasteiger partial charge is 0.489 e. The normalized spacial score (nSPS) is 14.6. The molecule has 1 aliphatic rings. The quantitative estimate of drug-likeness (QED) is 0.672. The van der Waals surface area contributed by atoms with Gasteiger partial charge in [0, 0.05) is 11.7 Å². The van der Waals surface area contributed by atoms with Crippen molar-refractivity contribution < 1.29 is 35.9 Å². The number of rotatable bonds is 5. The zero-order valence-electron chi connectivity index (χ0n) is 18.7. The number of nitrogens with one attached hydrogen (secondary N) is 1. The van der Waals surface area contributed by atoms with Gasteiger partial charge in [0.2, 0.25) is 5.60 Å². The Balaban J connectivity index is 1.91. The number of hydrogen-bond acceptors (Lipinski definition) is 6. The Bertz CT molecular complexity index is 1160. The number of alkyl halides is 3. The van der Waals surface area contributed by atoms with Crippen LogP contribution in [0.4, 0.5) is 29.3 Å². The SMILES string of the molecule is Cc1c(S(=O)(=O)N2CCOc3ccc(NC(=O)OC(C)(C)C(F)(F)F)cc32)cnn1C(C)C. The van der Waals surface area contributed by atoms with Gasteiger partial charge in [-0.25, -0.2) is 13.2 Å². The summed E-state index contributed by atoms with van der Waals surface area (Å²) >= 11 is 0. The smallest absolute Gasteiger partial charge is 0.427 e. The number of anilines is 2. The number of fused-ring (bicyclic) bond motifs is 1. The lowest BCUT2D eigenvalue weighted by Gasteiger charge is -2.31. The van der Waals surface area contributed by atoms with Crippen LogP contribution in [-0.4, -0.2) is 49.2 Å². The first-order valence-corrected chi connectivity index (χ1v) is 11.5. The molecule has 1 N–H and O–H groups in total. The molecule has 0 aliphatic carbocycles. The van der Waals surface area contributed by atoms with E-state index >= 15 is 0 Å². The fourth-order valence-electron chi connectivity index (χ4n) is 3.25. The highest BCUT2D eigenvalue weighted by Crippen LogP contribution is 2.38. The van der Waals surface area contributed by atoms with Gasteiger partial charge in [-0.1, -0.05) is 0 Å². The summed E-state index contributed by atoms with van der Waals surface area (Å²) in [6, 6.07) is 4.05. The summed E-state index contributed by atoms with van der Waals surface area (Å²) in [4.78, 5) is 12.1. The summed E-state index contributed by atoms with van der Waals surface area (Å²) in [5.74, 6) is 0.244. The fourth-order valence-corrected chi connectivity index (χ4v) is 4.85. The van der Waals surface area contributed by atoms with Gasteiger partial charge in [0.1, 0.15) is 17.3 Å². The van der Waals surface area contributed by atoms with Crippen molar-refractivity contribution in [3.05, 3.63) is 30.1 Å². The zero-order valence-corrected chi connectivity index (χ0v) is 19.5. The van der Waals surface area contributed by atoms with E-state index in [0.29, 0.717) is 5.69 Å². The number of aromatic nitrogens is 2. The molecule has 0 radical (unpaired) electrons. The first-order valence-electron chi connectivity index (χ1n) is 10.1. The first-order chi connectivity index (χ1) is 15.1. The number of carbonyl (C=O) groups excluding carboxylic acids is 1. The van der Waals surface area contributed by atoms with Gasteiger partial charge in [-0.2, -0.15) is 18.3 Å². The van der Waals surface area contributed by atoms with Crippen LogP contribution in [0.25, 0.3) is 0 Å². The molecule has 0 spiro atoms. The van der Waals surface area contributed by atoms with Gasteiger partial charge in [0.15, 0.2) is 0 Å². The van der Waals surface area contributed by atoms with Crippen LogP contribution in [0.15, 0.2) is 29.3 Å². The number of amides is 1. The maximum atomic E-state index is 13.4. The Morgan fingerprint density at radius 2 is 1.94 bits per heavy atom. The van der Waals surface area contributed by atoms with Crippen LogP contribution in [0.3, 0.4) is 0 Å². The molecule has 2 heterocycles. The first kappa shape index (κ1) is 24.7. The van der Waals surface area contributed by atoms with Crippen LogP contribution >= 0.6 is 0 Å². The highest BCUT2D eigenvalue weighted by molar-refractivity contribution is 7.92. The van der Waals surface area contributed by atoms with E-state index in [1.165, 1.54) is 24.4 Å². The van der Waals surface area contributed by atoms with Crippen LogP contribution in [0.5, 0.6) is 5.75 Å². The molecule has 9 nitrogen and oxygen atoms in total. The lowest BCUT2D eigenvalue weighted by molar-refractivity contribution is -0.242. The van der Waals surface area contributed by atoms with E-state index in [0.717, 1.165) is 18.2 Å². The molecular formula is C20H25F3N4O5S. The van der Waals surface area contributed by atoms with Crippen molar-refractivity contribution in [2.45, 2.75) is 57.3 Å². The van der Waals surface area contributed by atoms with E-state index in [-0.39, 0.29) is 41.2 Å². The van der Waals surface area contributed by atoms with Crippen molar-refractivity contribution in [2.24, 2.45) is 0 Å². The summed E-state index contributed by atoms with van der Waals surface area (Å²) in [7, 11) is -4.03. The third kappa shape index (κ3) is 4.72. The molecule has 0 saturated heterocycles. The van der Waals surface area contributed by atoms with E-state index in [4.69, 9.17) is 4.74 Å². The third-order valence-electron chi connectivity index (χ3n) is 5.11. The summed E-state index contributed by atoms with van der Waals surface area (Å²) in [5.41, 5.74) is -2.08. The predicted octanol–water partition coefficient (Wildman–Crippen LogP) is 4.25. The number of benzene rings is 1. The summed E-state index contributed by atoms with van der Waals surface area (Å²) in [6.07, 6.45) is -4.83. The summed E-state index contributed by atoms with van der Waals surface area (Å²) in [5, 5.41) is 6.37. The second-order valence-electron chi connectivity index (χ2n) is 8.26. The number of ether oxygens (including phenoxy) is 2. The van der Waals surface area contributed by atoms with Crippen molar-refractivity contribution in [1.82, 2.24) is 9.78 Å². The maximum Gasteiger partial charge on any atom is 0.427 e. The minimum atomic E-state index is -4.77. The van der Waals surface area contributed by atoms with Crippen molar-refractivity contribution in [2.75, 3.05) is 22.8 Å². The summed E-state index contributed by atoms with van der Waals surface area (Å²) in [6.45, 7) is 6.93. The van der Waals surface area contributed by atoms with E-state index in [9.17, 15) is 26.4 Å². The number of sulfonamides is 1. The van der Waals surface area contributed by atoms with Crippen LogP contribution < -0.4 is 14.4 Å². The van der Waals surface area contributed by atoms with E-state index in [2.05, 4.69) is 15.2 Å². The summed E-state index contributed by atoms with van der Waals surface area (Å²) < 4.78 is 78.5. The van der Waals surface area contributed by atoms with Gasteiger partial charge >= 0.3 is 12.3 Å². The molecule has 0 bridgehead atoms. The number of carbonyl (C=O) groups is 1. The Morgan fingerprint density at radius 1 is 1.27 bits per heavy atom. The van der Waals surface area contributed by atoms with Gasteiger partial charge < -0.3 is 9.47 Å². The Labute approximate surface area is 189 Å². The van der Waals surface area contributed by atoms with Crippen molar-refractivity contribution in [3.63, 3.8) is 0 Å². The van der Waals surface area contributed by atoms with Crippen LogP contribution in [0.2, 0.25) is 0 Å². The standard InChI is InChI=1S/C20H25F3N4O5S/c1-12(2)27-13(3)17(11-24-27)33(29,30)26-8-9-31-16-7-6-14(10-15(16)26)25-18(28)32-19(4,5)20(21,22)23/h6-7,10-12H,8-9H2,1-5H3,(H,25,28). The topological polar surface area (TPSA) is 103 Å². The molecule has 3 rings (SSSR count). The molecule has 0 fully saturated rings. The highest BCUT2D eigenvalue weighted by atomic mass is 32.2. The third-order valence-corrected chi connectivity index (χ3v) is 7.03. The average molecular weight is 491 g/mol. The van der Waals surface area contributed by atoms with Crippen molar-refractivity contribution in [3.8, 4) is 5.75 Å². The Kier molecular flexibility index (Phi) is 6.30. The van der Waals surface area contributed by atoms with Gasteiger partial charge in [0.05, 0.1) is 24.1 Å². The molecule has 1 aromatic carbocycles. The number of hydrogen-bond donors (Lipinski definition) is 1. The molecule has 33 heavy (non-hydrogen) atoms. The van der Waals surface area contributed by atoms with E-state index < -0.39 is 27.9 Å². The molecular weight excluding hydrogens is 465 g/mol. The highest BCUT2D eigenvalue weighted by Gasteiger charge is 2.51.